The van der Waals surface area contributed by atoms with Gasteiger partial charge in [-0.2, -0.15) is 0 Å². The van der Waals surface area contributed by atoms with Gasteiger partial charge in [0.1, 0.15) is 11.3 Å². The molecule has 0 amide bonds. The average molecular weight is 228 g/mol. The third-order valence-corrected chi connectivity index (χ3v) is 2.31. The number of halogens is 1. The van der Waals surface area contributed by atoms with Crippen LogP contribution in [0.4, 0.5) is 0 Å². The minimum atomic E-state index is -1.23. The number of carboxylic acid groups (broad SMARTS) is 1. The third-order valence-electron chi connectivity index (χ3n) is 1.98. The fourth-order valence-corrected chi connectivity index (χ4v) is 1.47. The maximum absolute atomic E-state index is 10.7. The summed E-state index contributed by atoms with van der Waals surface area (Å²) in [5.74, 6) is -1.65. The Balaban J connectivity index is 3.42. The first-order chi connectivity index (χ1) is 6.99. The molecule has 1 aromatic carbocycles. The molecule has 0 spiro atoms. The number of hydrogen-bond donors (Lipinski definition) is 3. The van der Waals surface area contributed by atoms with Gasteiger partial charge in [-0.15, -0.1) is 6.58 Å². The standard InChI is InChI=1S/C10H10ClNO3/c1-2-7(12)8-6(11)4-3-5(9(8)13)10(14)15/h2-4,7,13H,1,12H2,(H,14,15)/t7-/m0/s1. The van der Waals surface area contributed by atoms with Gasteiger partial charge >= 0.3 is 5.97 Å². The highest BCUT2D eigenvalue weighted by Gasteiger charge is 2.19. The number of aromatic carboxylic acids is 1. The molecule has 1 rings (SSSR count). The van der Waals surface area contributed by atoms with Gasteiger partial charge < -0.3 is 15.9 Å². The second kappa shape index (κ2) is 4.33. The topological polar surface area (TPSA) is 83.6 Å². The number of carbonyl (C=O) groups is 1. The molecule has 4 N–H and O–H groups in total. The van der Waals surface area contributed by atoms with E-state index in [0.29, 0.717) is 0 Å². The van der Waals surface area contributed by atoms with E-state index in [4.69, 9.17) is 22.4 Å². The predicted molar refractivity (Wildman–Crippen MR) is 57.2 cm³/mol. The molecule has 80 valence electrons. The second-order valence-electron chi connectivity index (χ2n) is 2.92. The Morgan fingerprint density at radius 2 is 2.20 bits per heavy atom. The quantitative estimate of drug-likeness (QED) is 0.689. The van der Waals surface area contributed by atoms with E-state index in [0.717, 1.165) is 0 Å². The molecule has 0 bridgehead atoms. The molecular weight excluding hydrogens is 218 g/mol. The lowest BCUT2D eigenvalue weighted by Crippen LogP contribution is -2.09. The van der Waals surface area contributed by atoms with Crippen molar-refractivity contribution in [3.05, 3.63) is 40.9 Å². The van der Waals surface area contributed by atoms with Crippen LogP contribution in [0.3, 0.4) is 0 Å². The molecule has 0 aliphatic rings. The summed E-state index contributed by atoms with van der Waals surface area (Å²) >= 11 is 5.80. The summed E-state index contributed by atoms with van der Waals surface area (Å²) in [6, 6.07) is 1.90. The van der Waals surface area contributed by atoms with Crippen molar-refractivity contribution in [1.82, 2.24) is 0 Å². The Hall–Kier alpha value is -1.52. The Labute approximate surface area is 91.6 Å². The zero-order chi connectivity index (χ0) is 11.6. The van der Waals surface area contributed by atoms with Crippen LogP contribution in [-0.2, 0) is 0 Å². The number of carboxylic acids is 1. The summed E-state index contributed by atoms with van der Waals surface area (Å²) in [5, 5.41) is 18.6. The lowest BCUT2D eigenvalue weighted by molar-refractivity contribution is 0.0693. The molecule has 4 nitrogen and oxygen atoms in total. The molecule has 0 saturated carbocycles. The predicted octanol–water partition coefficient (Wildman–Crippen LogP) is 1.93. The van der Waals surface area contributed by atoms with Crippen LogP contribution in [-0.4, -0.2) is 16.2 Å². The highest BCUT2D eigenvalue weighted by Crippen LogP contribution is 2.33. The maximum atomic E-state index is 10.7. The monoisotopic (exact) mass is 227 g/mol. The van der Waals surface area contributed by atoms with Crippen LogP contribution in [0, 0.1) is 0 Å². The molecule has 1 atom stereocenters. The van der Waals surface area contributed by atoms with E-state index in [2.05, 4.69) is 6.58 Å². The molecule has 0 radical (unpaired) electrons. The number of aromatic hydroxyl groups is 1. The highest BCUT2D eigenvalue weighted by molar-refractivity contribution is 6.31. The Bertz CT molecular complexity index is 417. The SMILES string of the molecule is C=C[C@H](N)c1c(Cl)ccc(C(=O)O)c1O. The fourth-order valence-electron chi connectivity index (χ4n) is 1.19. The van der Waals surface area contributed by atoms with E-state index in [1.54, 1.807) is 0 Å². The van der Waals surface area contributed by atoms with Gasteiger partial charge in [0.25, 0.3) is 0 Å². The number of phenols is 1. The van der Waals surface area contributed by atoms with Crippen molar-refractivity contribution in [3.63, 3.8) is 0 Å². The minimum absolute atomic E-state index is 0.173. The van der Waals surface area contributed by atoms with Crippen LogP contribution < -0.4 is 5.73 Å². The lowest BCUT2D eigenvalue weighted by Gasteiger charge is -2.12. The van der Waals surface area contributed by atoms with E-state index in [-0.39, 0.29) is 16.1 Å². The van der Waals surface area contributed by atoms with Crippen molar-refractivity contribution >= 4 is 17.6 Å². The molecule has 0 fully saturated rings. The van der Waals surface area contributed by atoms with Crippen molar-refractivity contribution in [2.75, 3.05) is 0 Å². The van der Waals surface area contributed by atoms with Gasteiger partial charge in [-0.1, -0.05) is 17.7 Å². The Morgan fingerprint density at radius 1 is 1.60 bits per heavy atom. The molecule has 5 heteroatoms. The van der Waals surface area contributed by atoms with E-state index in [1.165, 1.54) is 18.2 Å². The summed E-state index contributed by atoms with van der Waals surface area (Å²) < 4.78 is 0. The van der Waals surface area contributed by atoms with Gasteiger partial charge in [-0.3, -0.25) is 0 Å². The van der Waals surface area contributed by atoms with E-state index in [1.807, 2.05) is 0 Å². The zero-order valence-electron chi connectivity index (χ0n) is 7.77. The molecule has 0 aliphatic heterocycles. The first-order valence-electron chi connectivity index (χ1n) is 4.11. The molecule has 0 unspecified atom stereocenters. The Morgan fingerprint density at radius 3 is 2.67 bits per heavy atom. The summed E-state index contributed by atoms with van der Waals surface area (Å²) in [6.07, 6.45) is 1.37. The first kappa shape index (κ1) is 11.6. The van der Waals surface area contributed by atoms with Crippen LogP contribution >= 0.6 is 11.6 Å². The minimum Gasteiger partial charge on any atom is -0.507 e. The molecular formula is C10H10ClNO3. The van der Waals surface area contributed by atoms with E-state index >= 15 is 0 Å². The summed E-state index contributed by atoms with van der Waals surface area (Å²) in [7, 11) is 0. The number of benzene rings is 1. The van der Waals surface area contributed by atoms with Crippen molar-refractivity contribution in [3.8, 4) is 5.75 Å². The normalized spacial score (nSPS) is 12.1. The highest BCUT2D eigenvalue weighted by atomic mass is 35.5. The molecule has 15 heavy (non-hydrogen) atoms. The second-order valence-corrected chi connectivity index (χ2v) is 3.33. The van der Waals surface area contributed by atoms with Gasteiger partial charge in [-0.25, -0.2) is 4.79 Å². The van der Waals surface area contributed by atoms with Crippen LogP contribution in [0.1, 0.15) is 22.0 Å². The number of nitrogens with two attached hydrogens (primary N) is 1. The molecule has 0 heterocycles. The molecule has 1 aromatic rings. The van der Waals surface area contributed by atoms with Gasteiger partial charge in [-0.05, 0) is 12.1 Å². The third kappa shape index (κ3) is 2.11. The molecule has 0 saturated heterocycles. The van der Waals surface area contributed by atoms with Crippen molar-refractivity contribution in [2.45, 2.75) is 6.04 Å². The smallest absolute Gasteiger partial charge is 0.339 e. The van der Waals surface area contributed by atoms with Crippen molar-refractivity contribution in [2.24, 2.45) is 5.73 Å². The van der Waals surface area contributed by atoms with Gasteiger partial charge in [0.05, 0.1) is 6.04 Å². The van der Waals surface area contributed by atoms with Gasteiger partial charge in [0.15, 0.2) is 0 Å². The van der Waals surface area contributed by atoms with Crippen LogP contribution in [0.2, 0.25) is 5.02 Å². The van der Waals surface area contributed by atoms with Crippen LogP contribution in [0.25, 0.3) is 0 Å². The van der Waals surface area contributed by atoms with Gasteiger partial charge in [0.2, 0.25) is 0 Å². The average Bonchev–Trinajstić information content (AvgIpc) is 2.16. The number of hydrogen-bond acceptors (Lipinski definition) is 3. The number of rotatable bonds is 3. The van der Waals surface area contributed by atoms with Crippen LogP contribution in [0.5, 0.6) is 5.75 Å². The van der Waals surface area contributed by atoms with E-state index < -0.39 is 17.8 Å². The fraction of sp³-hybridized carbons (Fsp3) is 0.100. The maximum Gasteiger partial charge on any atom is 0.339 e. The largest absolute Gasteiger partial charge is 0.507 e. The van der Waals surface area contributed by atoms with Crippen LogP contribution in [0.15, 0.2) is 24.8 Å². The Kier molecular flexibility index (Phi) is 3.34. The summed E-state index contributed by atoms with van der Waals surface area (Å²) in [5.41, 5.74) is 5.55. The molecule has 0 aliphatic carbocycles. The summed E-state index contributed by atoms with van der Waals surface area (Å²) in [6.45, 7) is 3.45. The van der Waals surface area contributed by atoms with E-state index in [9.17, 15) is 9.90 Å². The zero-order valence-corrected chi connectivity index (χ0v) is 8.53. The van der Waals surface area contributed by atoms with Gasteiger partial charge in [0, 0.05) is 10.6 Å². The first-order valence-corrected chi connectivity index (χ1v) is 4.49. The summed E-state index contributed by atoms with van der Waals surface area (Å²) in [4.78, 5) is 10.7. The van der Waals surface area contributed by atoms with Crippen molar-refractivity contribution < 1.29 is 15.0 Å². The lowest BCUT2D eigenvalue weighted by atomic mass is 10.0. The molecule has 0 aromatic heterocycles. The van der Waals surface area contributed by atoms with Crippen molar-refractivity contribution in [1.29, 1.82) is 0 Å².